The number of hydrogen-bond donors (Lipinski definition) is 4. The van der Waals surface area contributed by atoms with E-state index in [0.29, 0.717) is 25.7 Å². The molecule has 4 aliphatic rings. The van der Waals surface area contributed by atoms with Crippen LogP contribution >= 0.6 is 0 Å². The highest BCUT2D eigenvalue weighted by molar-refractivity contribution is 7.92. The number of rotatable bonds is 16. The quantitative estimate of drug-likeness (QED) is 0.129. The summed E-state index contributed by atoms with van der Waals surface area (Å²) >= 11 is 0. The van der Waals surface area contributed by atoms with Gasteiger partial charge in [0.05, 0.1) is 22.1 Å². The number of nitrogens with zero attached hydrogens (tertiary/aromatic N) is 1. The molecular weight excluding hydrogens is 721 g/mol. The highest BCUT2D eigenvalue weighted by atomic mass is 32.2. The Kier molecular flexibility index (Phi) is 13.7. The molecule has 4 fully saturated rings. The molecule has 4 N–H and O–H groups in total. The number of sulfone groups is 1. The van der Waals surface area contributed by atoms with Crippen molar-refractivity contribution < 1.29 is 41.2 Å². The van der Waals surface area contributed by atoms with Crippen LogP contribution in [0.25, 0.3) is 0 Å². The van der Waals surface area contributed by atoms with Gasteiger partial charge in [-0.1, -0.05) is 65.4 Å². The van der Waals surface area contributed by atoms with Crippen molar-refractivity contribution in [2.24, 2.45) is 22.7 Å². The standard InChI is InChI=1S/C39H63F2N5O7S/c1-8-22-42-33(49)30(47)26(16-15-17-27(40)41)43-32(48)29-28-25(37(28,5)6)23-46(29)34(50)31(38(7)18-11-9-12-19-38)44-35(51)45-39(20-13-10-14-21-39)24-54(52,53)36(2,3)4/h8,25-29,31H,1,9-24H2,2-7H3,(H,42,49)(H,43,48)(H2,44,45,51)/t25-,26?,28-,29-,31+/m0/s1. The zero-order valence-corrected chi connectivity index (χ0v) is 33.8. The van der Waals surface area contributed by atoms with Gasteiger partial charge in [0.25, 0.3) is 5.91 Å². The van der Waals surface area contributed by atoms with Crippen LogP contribution in [0.3, 0.4) is 0 Å². The Morgan fingerprint density at radius 1 is 0.907 bits per heavy atom. The summed E-state index contributed by atoms with van der Waals surface area (Å²) in [5, 5.41) is 11.1. The first-order valence-corrected chi connectivity index (χ1v) is 21.4. The van der Waals surface area contributed by atoms with Gasteiger partial charge in [0.15, 0.2) is 9.84 Å². The van der Waals surface area contributed by atoms with Crippen LogP contribution in [0.4, 0.5) is 13.6 Å². The van der Waals surface area contributed by atoms with Crippen molar-refractivity contribution >= 4 is 39.4 Å². The highest BCUT2D eigenvalue weighted by Gasteiger charge is 2.70. The van der Waals surface area contributed by atoms with E-state index in [2.05, 4.69) is 27.8 Å². The molecule has 0 aromatic heterocycles. The smallest absolute Gasteiger partial charge is 0.315 e. The summed E-state index contributed by atoms with van der Waals surface area (Å²) in [6.45, 7) is 14.6. The molecule has 4 rings (SSSR count). The largest absolute Gasteiger partial charge is 0.346 e. The maximum atomic E-state index is 14.9. The van der Waals surface area contributed by atoms with Crippen LogP contribution in [0.1, 0.15) is 125 Å². The first-order chi connectivity index (χ1) is 25.1. The minimum absolute atomic E-state index is 0.000618. The van der Waals surface area contributed by atoms with Crippen molar-refractivity contribution in [1.29, 1.82) is 0 Å². The van der Waals surface area contributed by atoms with Gasteiger partial charge in [-0.2, -0.15) is 0 Å². The molecule has 3 aliphatic carbocycles. The number of carbonyl (C=O) groups excluding carboxylic acids is 5. The highest BCUT2D eigenvalue weighted by Crippen LogP contribution is 2.65. The normalized spacial score (nSPS) is 25.4. The molecule has 1 heterocycles. The molecule has 0 bridgehead atoms. The topological polar surface area (TPSA) is 171 Å². The summed E-state index contributed by atoms with van der Waals surface area (Å²) in [7, 11) is -3.61. The number of Topliss-reactive ketones (excluding diaryl/α,β-unsaturated/α-hetero) is 1. The molecule has 3 saturated carbocycles. The molecular formula is C39H63F2N5O7S. The number of halogens is 2. The maximum absolute atomic E-state index is 14.9. The van der Waals surface area contributed by atoms with Crippen LogP contribution in [-0.4, -0.2) is 96.5 Å². The molecule has 1 saturated heterocycles. The number of carbonyl (C=O) groups is 5. The zero-order valence-electron chi connectivity index (χ0n) is 33.0. The third-order valence-corrected chi connectivity index (χ3v) is 15.5. The van der Waals surface area contributed by atoms with E-state index in [4.69, 9.17) is 0 Å². The molecule has 306 valence electrons. The minimum atomic E-state index is -3.61. The van der Waals surface area contributed by atoms with Crippen molar-refractivity contribution in [3.05, 3.63) is 12.7 Å². The predicted octanol–water partition coefficient (Wildman–Crippen LogP) is 4.82. The van der Waals surface area contributed by atoms with Gasteiger partial charge in [-0.05, 0) is 82.0 Å². The molecule has 0 spiro atoms. The fraction of sp³-hybridized carbons (Fsp3) is 0.821. The van der Waals surface area contributed by atoms with E-state index in [1.54, 1.807) is 20.8 Å². The van der Waals surface area contributed by atoms with Crippen molar-refractivity contribution in [3.63, 3.8) is 0 Å². The number of piperidine rings is 1. The number of fused-ring (bicyclic) bond motifs is 1. The summed E-state index contributed by atoms with van der Waals surface area (Å²) in [5.74, 6) is -3.58. The Hall–Kier alpha value is -3.10. The molecule has 5 amide bonds. The molecule has 12 nitrogen and oxygen atoms in total. The number of ketones is 1. The summed E-state index contributed by atoms with van der Waals surface area (Å²) < 4.78 is 52.0. The van der Waals surface area contributed by atoms with Crippen LogP contribution in [0.15, 0.2) is 12.7 Å². The average Bonchev–Trinajstić information content (AvgIpc) is 3.38. The van der Waals surface area contributed by atoms with E-state index in [1.165, 1.54) is 11.0 Å². The Balaban J connectivity index is 1.62. The Morgan fingerprint density at radius 2 is 1.50 bits per heavy atom. The van der Waals surface area contributed by atoms with Crippen LogP contribution < -0.4 is 21.3 Å². The molecule has 54 heavy (non-hydrogen) atoms. The summed E-state index contributed by atoms with van der Waals surface area (Å²) in [6, 6.07) is -4.08. The van der Waals surface area contributed by atoms with Gasteiger partial charge in [-0.3, -0.25) is 19.2 Å². The Bertz CT molecular complexity index is 1530. The Labute approximate surface area is 320 Å². The van der Waals surface area contributed by atoms with Gasteiger partial charge in [-0.15, -0.1) is 6.58 Å². The van der Waals surface area contributed by atoms with E-state index < -0.39 is 86.0 Å². The third kappa shape index (κ3) is 9.82. The fourth-order valence-electron chi connectivity index (χ4n) is 9.10. The number of urea groups is 1. The molecule has 1 unspecified atom stereocenters. The van der Waals surface area contributed by atoms with Gasteiger partial charge in [0.1, 0.15) is 12.1 Å². The first-order valence-electron chi connectivity index (χ1n) is 19.7. The van der Waals surface area contributed by atoms with Crippen molar-refractivity contribution in [3.8, 4) is 0 Å². The van der Waals surface area contributed by atoms with Gasteiger partial charge < -0.3 is 26.2 Å². The SMILES string of the molecule is C=CCNC(=O)C(=O)C(CCCC(F)F)NC(=O)[C@@H]1[C@@H]2[C@H](CN1C(=O)[C@@H](NC(=O)NC1(CS(=O)(=O)C(C)(C)C)CCCCC1)C1(C)CCCCC1)C2(C)C. The Morgan fingerprint density at radius 3 is 2.06 bits per heavy atom. The molecule has 5 atom stereocenters. The number of alkyl halides is 2. The molecule has 1 aliphatic heterocycles. The number of amides is 5. The maximum Gasteiger partial charge on any atom is 0.315 e. The van der Waals surface area contributed by atoms with Gasteiger partial charge >= 0.3 is 6.03 Å². The fourth-order valence-corrected chi connectivity index (χ4v) is 10.6. The monoisotopic (exact) mass is 783 g/mol. The van der Waals surface area contributed by atoms with E-state index >= 15 is 0 Å². The second kappa shape index (κ2) is 17.0. The van der Waals surface area contributed by atoms with Crippen molar-refractivity contribution in [2.75, 3.05) is 18.8 Å². The van der Waals surface area contributed by atoms with Crippen LogP contribution in [0.2, 0.25) is 0 Å². The van der Waals surface area contributed by atoms with Crippen molar-refractivity contribution in [1.82, 2.24) is 26.2 Å². The lowest BCUT2D eigenvalue weighted by atomic mass is 9.70. The second-order valence-electron chi connectivity index (χ2n) is 18.1. The molecule has 0 aromatic rings. The first kappa shape index (κ1) is 43.6. The lowest BCUT2D eigenvalue weighted by molar-refractivity contribution is -0.146. The van der Waals surface area contributed by atoms with Crippen LogP contribution in [0, 0.1) is 22.7 Å². The number of hydrogen-bond acceptors (Lipinski definition) is 7. The van der Waals surface area contributed by atoms with Crippen molar-refractivity contribution in [2.45, 2.75) is 160 Å². The molecule has 0 aromatic carbocycles. The van der Waals surface area contributed by atoms with E-state index in [1.807, 2.05) is 20.8 Å². The predicted molar refractivity (Wildman–Crippen MR) is 202 cm³/mol. The van der Waals surface area contributed by atoms with E-state index in [-0.39, 0.29) is 48.9 Å². The van der Waals surface area contributed by atoms with E-state index in [0.717, 1.165) is 38.5 Å². The van der Waals surface area contributed by atoms with Crippen LogP contribution in [-0.2, 0) is 29.0 Å². The second-order valence-corrected chi connectivity index (χ2v) is 20.8. The lowest BCUT2D eigenvalue weighted by Crippen LogP contribution is -2.65. The van der Waals surface area contributed by atoms with Crippen LogP contribution in [0.5, 0.6) is 0 Å². The molecule has 15 heteroatoms. The summed E-state index contributed by atoms with van der Waals surface area (Å²) in [4.78, 5) is 70.5. The average molecular weight is 784 g/mol. The third-order valence-electron chi connectivity index (χ3n) is 12.7. The van der Waals surface area contributed by atoms with Gasteiger partial charge in [-0.25, -0.2) is 22.0 Å². The molecule has 0 radical (unpaired) electrons. The lowest BCUT2D eigenvalue weighted by Gasteiger charge is -2.44. The summed E-state index contributed by atoms with van der Waals surface area (Å²) in [6.07, 6.45) is 5.30. The summed E-state index contributed by atoms with van der Waals surface area (Å²) in [5.41, 5.74) is -1.97. The zero-order chi connectivity index (χ0) is 40.3. The number of likely N-dealkylation sites (tertiary alicyclic amines) is 1. The van der Waals surface area contributed by atoms with E-state index in [9.17, 15) is 41.2 Å². The number of nitrogens with one attached hydrogen (secondary N) is 4. The van der Waals surface area contributed by atoms with Gasteiger partial charge in [0.2, 0.25) is 24.0 Å². The minimum Gasteiger partial charge on any atom is -0.346 e. The van der Waals surface area contributed by atoms with Gasteiger partial charge in [0, 0.05) is 19.5 Å².